The number of benzodiazepines with no additional fused rings is 1. The molecular formula is C17H15N3O2. The summed E-state index contributed by atoms with van der Waals surface area (Å²) in [7, 11) is 0. The van der Waals surface area contributed by atoms with Crippen LogP contribution >= 0.6 is 0 Å². The number of carbonyl (C=O) groups is 2. The van der Waals surface area contributed by atoms with Crippen molar-refractivity contribution in [1.29, 1.82) is 0 Å². The number of fused-ring (bicyclic) bond motifs is 1. The molecule has 2 aromatic carbocycles. The fourth-order valence-corrected chi connectivity index (χ4v) is 2.14. The topological polar surface area (TPSA) is 70.6 Å². The predicted molar refractivity (Wildman–Crippen MR) is 86.3 cm³/mol. The Morgan fingerprint density at radius 3 is 2.82 bits per heavy atom. The third-order valence-corrected chi connectivity index (χ3v) is 2.99. The number of hydrogen-bond donors (Lipinski definition) is 2. The van der Waals surface area contributed by atoms with E-state index in [2.05, 4.69) is 15.6 Å². The predicted octanol–water partition coefficient (Wildman–Crippen LogP) is 2.43. The highest BCUT2D eigenvalue weighted by molar-refractivity contribution is 6.19. The quantitative estimate of drug-likeness (QED) is 0.894. The number of carbonyl (C=O) groups excluding carboxylic acids is 2. The van der Waals surface area contributed by atoms with Gasteiger partial charge in [0.2, 0.25) is 11.8 Å². The minimum atomic E-state index is -0.510. The van der Waals surface area contributed by atoms with E-state index in [-0.39, 0.29) is 23.7 Å². The summed E-state index contributed by atoms with van der Waals surface area (Å²) >= 11 is 0. The average molecular weight is 298 g/mol. The summed E-state index contributed by atoms with van der Waals surface area (Å²) in [4.78, 5) is 27.5. The van der Waals surface area contributed by atoms with Crippen molar-refractivity contribution in [2.24, 2.45) is 4.99 Å². The van der Waals surface area contributed by atoms with Crippen LogP contribution in [0.4, 0.5) is 11.4 Å². The molecule has 0 aliphatic carbocycles. The van der Waals surface area contributed by atoms with Gasteiger partial charge in [0.15, 0.2) is 0 Å². The van der Waals surface area contributed by atoms with E-state index in [1.54, 1.807) is 18.2 Å². The molecule has 0 saturated carbocycles. The first kappa shape index (κ1) is 9.15. The van der Waals surface area contributed by atoms with Gasteiger partial charge in [-0.2, -0.15) is 0 Å². The zero-order valence-corrected chi connectivity index (χ0v) is 11.7. The van der Waals surface area contributed by atoms with Gasteiger partial charge >= 0.3 is 0 Å². The molecule has 5 heteroatoms. The second kappa shape index (κ2) is 5.81. The smallest absolute Gasteiger partial charge is 0.246 e. The van der Waals surface area contributed by atoms with Crippen molar-refractivity contribution >= 4 is 28.9 Å². The van der Waals surface area contributed by atoms with Crippen LogP contribution in [0.3, 0.4) is 0 Å². The van der Waals surface area contributed by atoms with Crippen molar-refractivity contribution in [3.63, 3.8) is 0 Å². The molecule has 0 saturated heterocycles. The first-order valence-corrected chi connectivity index (χ1v) is 6.54. The van der Waals surface area contributed by atoms with Gasteiger partial charge in [-0.3, -0.25) is 14.6 Å². The largest absolute Gasteiger partial charge is 0.326 e. The van der Waals surface area contributed by atoms with E-state index >= 15 is 0 Å². The number of nitrogens with one attached hydrogen (secondary N) is 2. The monoisotopic (exact) mass is 298 g/mol. The lowest BCUT2D eigenvalue weighted by molar-refractivity contribution is -0.115. The van der Waals surface area contributed by atoms with Crippen molar-refractivity contribution < 1.29 is 16.4 Å². The molecule has 2 N–H and O–H groups in total. The van der Waals surface area contributed by atoms with Crippen molar-refractivity contribution in [3.8, 4) is 0 Å². The first-order valence-electron chi connectivity index (χ1n) is 9.04. The van der Waals surface area contributed by atoms with E-state index in [1.165, 1.54) is 6.92 Å². The van der Waals surface area contributed by atoms with Crippen molar-refractivity contribution in [2.75, 3.05) is 17.2 Å². The molecule has 0 bridgehead atoms. The number of hydrogen-bond acceptors (Lipinski definition) is 3. The highest BCUT2D eigenvalue weighted by Gasteiger charge is 2.18. The van der Waals surface area contributed by atoms with Gasteiger partial charge in [0.1, 0.15) is 6.54 Å². The maximum absolute atomic E-state index is 12.0. The van der Waals surface area contributed by atoms with Crippen LogP contribution < -0.4 is 10.6 Å². The van der Waals surface area contributed by atoms with E-state index in [0.717, 1.165) is 0 Å². The Hall–Kier alpha value is -2.95. The third kappa shape index (κ3) is 2.88. The normalized spacial score (nSPS) is 16.7. The zero-order valence-electron chi connectivity index (χ0n) is 16.7. The molecule has 110 valence electrons. The maximum Gasteiger partial charge on any atom is 0.246 e. The summed E-state index contributed by atoms with van der Waals surface area (Å²) in [6.45, 7) is 1.08. The summed E-state index contributed by atoms with van der Waals surface area (Å²) in [6, 6.07) is 2.38. The van der Waals surface area contributed by atoms with Crippen molar-refractivity contribution in [3.05, 3.63) is 59.5 Å². The number of amides is 2. The molecule has 1 aliphatic rings. The Labute approximate surface area is 135 Å². The van der Waals surface area contributed by atoms with Crippen LogP contribution in [-0.4, -0.2) is 24.1 Å². The molecule has 1 aliphatic heterocycles. The van der Waals surface area contributed by atoms with Gasteiger partial charge in [-0.25, -0.2) is 0 Å². The Kier molecular flexibility index (Phi) is 2.42. The van der Waals surface area contributed by atoms with Crippen LogP contribution in [0, 0.1) is 0 Å². The fourth-order valence-electron chi connectivity index (χ4n) is 2.14. The Morgan fingerprint density at radius 2 is 2.09 bits per heavy atom. The lowest BCUT2D eigenvalue weighted by atomic mass is 10.00. The molecule has 0 atom stereocenters. The fraction of sp³-hybridized carbons (Fsp3) is 0.118. The Bertz CT molecular complexity index is 991. The van der Waals surface area contributed by atoms with E-state index in [0.29, 0.717) is 16.9 Å². The van der Waals surface area contributed by atoms with Gasteiger partial charge in [0, 0.05) is 23.7 Å². The van der Waals surface area contributed by atoms with Crippen LogP contribution in [0.15, 0.2) is 53.4 Å². The molecule has 2 amide bonds. The lowest BCUT2D eigenvalue weighted by Gasteiger charge is -2.12. The molecule has 0 aromatic heterocycles. The summed E-state index contributed by atoms with van der Waals surface area (Å²) in [5.74, 6) is -0.695. The number of rotatable bonds is 2. The third-order valence-electron chi connectivity index (χ3n) is 2.99. The number of nitrogens with zero attached hydrogens (tertiary/aromatic N) is 1. The summed E-state index contributed by atoms with van der Waals surface area (Å²) in [5.41, 5.74) is 1.14. The van der Waals surface area contributed by atoms with Gasteiger partial charge in [-0.1, -0.05) is 30.2 Å². The van der Waals surface area contributed by atoms with Crippen LogP contribution in [0.2, 0.25) is 0 Å². The number of benzene rings is 2. The van der Waals surface area contributed by atoms with Crippen LogP contribution in [-0.2, 0) is 9.59 Å². The zero-order chi connectivity index (χ0) is 19.9. The highest BCUT2D eigenvalue weighted by atomic mass is 16.2. The maximum atomic E-state index is 12.0. The minimum Gasteiger partial charge on any atom is -0.326 e. The number of aliphatic imine (C=N–C) groups is 1. The van der Waals surface area contributed by atoms with E-state index in [9.17, 15) is 9.59 Å². The van der Waals surface area contributed by atoms with E-state index in [4.69, 9.17) is 6.85 Å². The molecule has 0 spiro atoms. The standard InChI is InChI=1S/C17H15N3O2/c1-11(21)19-13-7-8-15-14(9-13)17(18-10-16(22)20-15)12-5-3-2-4-6-12/h2-9H,10H2,1H3,(H,19,21)(H,20,22)/i2D,3D,4D,5D,6D. The molecule has 3 rings (SSSR count). The first-order chi connectivity index (χ1) is 12.7. The molecule has 5 nitrogen and oxygen atoms in total. The Balaban J connectivity index is 2.29. The molecule has 0 unspecified atom stereocenters. The second-order valence-corrected chi connectivity index (χ2v) is 4.65. The van der Waals surface area contributed by atoms with Crippen molar-refractivity contribution in [2.45, 2.75) is 6.92 Å². The molecule has 0 radical (unpaired) electrons. The summed E-state index contributed by atoms with van der Waals surface area (Å²) in [6.07, 6.45) is 0. The molecule has 22 heavy (non-hydrogen) atoms. The van der Waals surface area contributed by atoms with Crippen molar-refractivity contribution in [1.82, 2.24) is 0 Å². The van der Waals surface area contributed by atoms with Crippen LogP contribution in [0.1, 0.15) is 24.9 Å². The van der Waals surface area contributed by atoms with Gasteiger partial charge in [-0.05, 0) is 18.2 Å². The Morgan fingerprint density at radius 1 is 1.32 bits per heavy atom. The lowest BCUT2D eigenvalue weighted by Crippen LogP contribution is -2.13. The average Bonchev–Trinajstić information content (AvgIpc) is 2.77. The minimum absolute atomic E-state index is 0.0903. The van der Waals surface area contributed by atoms with Gasteiger partial charge in [0.25, 0.3) is 0 Å². The van der Waals surface area contributed by atoms with Gasteiger partial charge < -0.3 is 10.6 Å². The molecule has 2 aromatic rings. The molecular weight excluding hydrogens is 278 g/mol. The van der Waals surface area contributed by atoms with Crippen LogP contribution in [0.25, 0.3) is 0 Å². The van der Waals surface area contributed by atoms with Crippen LogP contribution in [0.5, 0.6) is 0 Å². The van der Waals surface area contributed by atoms with E-state index < -0.39 is 36.1 Å². The molecule has 1 heterocycles. The summed E-state index contributed by atoms with van der Waals surface area (Å²) in [5, 5.41) is 5.28. The molecule has 0 fully saturated rings. The van der Waals surface area contributed by atoms with Gasteiger partial charge in [-0.15, -0.1) is 0 Å². The SMILES string of the molecule is [2H]c1c([2H])c([2H])c(C2=NCC(=O)Nc3ccc(NC(C)=O)cc32)c([2H])c1[2H]. The summed E-state index contributed by atoms with van der Waals surface area (Å²) < 4.78 is 39.8. The number of anilines is 2. The second-order valence-electron chi connectivity index (χ2n) is 4.65. The van der Waals surface area contributed by atoms with Gasteiger partial charge in [0.05, 0.1) is 18.3 Å². The van der Waals surface area contributed by atoms with E-state index in [1.807, 2.05) is 0 Å². The highest BCUT2D eigenvalue weighted by Crippen LogP contribution is 2.26.